The van der Waals surface area contributed by atoms with Crippen LogP contribution in [0.4, 0.5) is 8.78 Å². The molecule has 1 fully saturated rings. The fourth-order valence-electron chi connectivity index (χ4n) is 3.05. The molecule has 1 saturated heterocycles. The summed E-state index contributed by atoms with van der Waals surface area (Å²) in [6.45, 7) is 5.76. The Morgan fingerprint density at radius 3 is 2.57 bits per heavy atom. The Balaban J connectivity index is 0.00000132. The topological polar surface area (TPSA) is 33.7 Å². The molecule has 0 spiro atoms. The SMILES string of the molecule is CCC[C@@H](c1cccc2c1OC(F)(F)O2)N1CCNCC1.Cl.Cl. The normalized spacial score (nSPS) is 20.3. The van der Waals surface area contributed by atoms with Gasteiger partial charge in [0, 0.05) is 37.8 Å². The van der Waals surface area contributed by atoms with Gasteiger partial charge in [-0.05, 0) is 12.5 Å². The highest BCUT2D eigenvalue weighted by molar-refractivity contribution is 5.85. The number of benzene rings is 1. The fourth-order valence-corrected chi connectivity index (χ4v) is 3.05. The van der Waals surface area contributed by atoms with E-state index in [0.29, 0.717) is 0 Å². The Morgan fingerprint density at radius 1 is 1.22 bits per heavy atom. The Bertz CT molecular complexity index is 514. The molecular weight excluding hydrogens is 349 g/mol. The molecule has 23 heavy (non-hydrogen) atoms. The maximum absolute atomic E-state index is 13.3. The van der Waals surface area contributed by atoms with Crippen LogP contribution in [0.25, 0.3) is 0 Å². The molecule has 0 saturated carbocycles. The molecule has 0 aromatic heterocycles. The molecule has 0 radical (unpaired) electrons. The minimum atomic E-state index is -3.56. The summed E-state index contributed by atoms with van der Waals surface area (Å²) in [4.78, 5) is 2.33. The van der Waals surface area contributed by atoms with Crippen molar-refractivity contribution >= 4 is 24.8 Å². The monoisotopic (exact) mass is 370 g/mol. The number of para-hydroxylation sites is 1. The van der Waals surface area contributed by atoms with Crippen LogP contribution in [0.5, 0.6) is 11.5 Å². The molecule has 1 atom stereocenters. The van der Waals surface area contributed by atoms with Gasteiger partial charge in [0.25, 0.3) is 0 Å². The van der Waals surface area contributed by atoms with Gasteiger partial charge < -0.3 is 14.8 Å². The molecule has 2 heterocycles. The summed E-state index contributed by atoms with van der Waals surface area (Å²) in [6.07, 6.45) is -1.67. The first kappa shape index (κ1) is 20.2. The number of ether oxygens (including phenoxy) is 2. The zero-order chi connectivity index (χ0) is 14.9. The number of piperazine rings is 1. The molecule has 0 amide bonds. The van der Waals surface area contributed by atoms with Gasteiger partial charge >= 0.3 is 6.29 Å². The third kappa shape index (κ3) is 4.38. The standard InChI is InChI=1S/C15H20F2N2O2.2ClH/c1-2-4-12(19-9-7-18-8-10-19)11-5-3-6-13-14(11)21-15(16,17)20-13;;/h3,5-6,12,18H,2,4,7-10H2,1H3;2*1H/t12-;;/m0../s1. The Kier molecular flexibility index (Phi) is 7.32. The van der Waals surface area contributed by atoms with E-state index in [2.05, 4.69) is 21.9 Å². The summed E-state index contributed by atoms with van der Waals surface area (Å²) in [5.74, 6) is 0.327. The molecular formula is C15H22Cl2F2N2O2. The second-order valence-corrected chi connectivity index (χ2v) is 5.43. The van der Waals surface area contributed by atoms with E-state index in [1.165, 1.54) is 6.07 Å². The number of hydrogen-bond donors (Lipinski definition) is 1. The number of alkyl halides is 2. The minimum absolute atomic E-state index is 0. The number of hydrogen-bond acceptors (Lipinski definition) is 4. The molecule has 0 unspecified atom stereocenters. The first-order chi connectivity index (χ1) is 10.1. The Morgan fingerprint density at radius 2 is 1.91 bits per heavy atom. The van der Waals surface area contributed by atoms with Gasteiger partial charge in [-0.3, -0.25) is 4.90 Å². The lowest BCUT2D eigenvalue weighted by molar-refractivity contribution is -0.287. The average Bonchev–Trinajstić information content (AvgIpc) is 2.79. The van der Waals surface area contributed by atoms with E-state index in [4.69, 9.17) is 4.74 Å². The van der Waals surface area contributed by atoms with Crippen LogP contribution in [-0.2, 0) is 0 Å². The Hall–Kier alpha value is -0.820. The molecule has 1 aromatic carbocycles. The van der Waals surface area contributed by atoms with Crippen LogP contribution in [0.3, 0.4) is 0 Å². The highest BCUT2D eigenvalue weighted by Crippen LogP contribution is 2.46. The quantitative estimate of drug-likeness (QED) is 0.877. The molecule has 1 N–H and O–H groups in total. The molecule has 0 bridgehead atoms. The average molecular weight is 371 g/mol. The molecule has 0 aliphatic carbocycles. The van der Waals surface area contributed by atoms with Gasteiger partial charge in [0.05, 0.1) is 0 Å². The molecule has 132 valence electrons. The highest BCUT2D eigenvalue weighted by atomic mass is 35.5. The van der Waals surface area contributed by atoms with Crippen molar-refractivity contribution in [3.63, 3.8) is 0 Å². The van der Waals surface area contributed by atoms with Gasteiger partial charge in [0.2, 0.25) is 0 Å². The smallest absolute Gasteiger partial charge is 0.395 e. The lowest BCUT2D eigenvalue weighted by Gasteiger charge is -2.35. The summed E-state index contributed by atoms with van der Waals surface area (Å²) in [6, 6.07) is 5.24. The Labute approximate surface area is 147 Å². The van der Waals surface area contributed by atoms with Gasteiger partial charge in [-0.2, -0.15) is 0 Å². The lowest BCUT2D eigenvalue weighted by atomic mass is 9.98. The van der Waals surface area contributed by atoms with E-state index >= 15 is 0 Å². The first-order valence-corrected chi connectivity index (χ1v) is 7.44. The molecule has 3 rings (SSSR count). The summed E-state index contributed by atoms with van der Waals surface area (Å²) in [5, 5.41) is 3.31. The number of fused-ring (bicyclic) bond motifs is 1. The van der Waals surface area contributed by atoms with Crippen molar-refractivity contribution in [2.75, 3.05) is 26.2 Å². The van der Waals surface area contributed by atoms with Crippen molar-refractivity contribution in [2.24, 2.45) is 0 Å². The molecule has 8 heteroatoms. The van der Waals surface area contributed by atoms with E-state index in [1.54, 1.807) is 6.07 Å². The summed E-state index contributed by atoms with van der Waals surface area (Å²) >= 11 is 0. The van der Waals surface area contributed by atoms with Crippen LogP contribution in [-0.4, -0.2) is 37.4 Å². The lowest BCUT2D eigenvalue weighted by Crippen LogP contribution is -2.45. The summed E-state index contributed by atoms with van der Waals surface area (Å²) in [5.41, 5.74) is 0.799. The maximum Gasteiger partial charge on any atom is 0.586 e. The van der Waals surface area contributed by atoms with Crippen molar-refractivity contribution in [3.05, 3.63) is 23.8 Å². The third-order valence-corrected chi connectivity index (χ3v) is 3.97. The van der Waals surface area contributed by atoms with Crippen LogP contribution in [0.1, 0.15) is 31.4 Å². The molecule has 1 aromatic rings. The second-order valence-electron chi connectivity index (χ2n) is 5.43. The van der Waals surface area contributed by atoms with Crippen molar-refractivity contribution in [3.8, 4) is 11.5 Å². The maximum atomic E-state index is 13.3. The predicted molar refractivity (Wildman–Crippen MR) is 89.2 cm³/mol. The first-order valence-electron chi connectivity index (χ1n) is 7.44. The van der Waals surface area contributed by atoms with Crippen LogP contribution in [0.2, 0.25) is 0 Å². The summed E-state index contributed by atoms with van der Waals surface area (Å²) in [7, 11) is 0. The van der Waals surface area contributed by atoms with Crippen molar-refractivity contribution in [1.29, 1.82) is 0 Å². The fraction of sp³-hybridized carbons (Fsp3) is 0.600. The molecule has 4 nitrogen and oxygen atoms in total. The van der Waals surface area contributed by atoms with Gasteiger partial charge in [-0.25, -0.2) is 0 Å². The van der Waals surface area contributed by atoms with E-state index in [-0.39, 0.29) is 42.4 Å². The van der Waals surface area contributed by atoms with Crippen molar-refractivity contribution < 1.29 is 18.3 Å². The highest BCUT2D eigenvalue weighted by Gasteiger charge is 2.45. The molecule has 2 aliphatic rings. The van der Waals surface area contributed by atoms with Crippen LogP contribution < -0.4 is 14.8 Å². The number of nitrogens with zero attached hydrogens (tertiary/aromatic N) is 1. The third-order valence-electron chi connectivity index (χ3n) is 3.97. The van der Waals surface area contributed by atoms with E-state index < -0.39 is 6.29 Å². The minimum Gasteiger partial charge on any atom is -0.395 e. The van der Waals surface area contributed by atoms with Crippen LogP contribution >= 0.6 is 24.8 Å². The van der Waals surface area contributed by atoms with E-state index in [1.807, 2.05) is 6.07 Å². The van der Waals surface area contributed by atoms with Crippen LogP contribution in [0.15, 0.2) is 18.2 Å². The van der Waals surface area contributed by atoms with E-state index in [0.717, 1.165) is 44.6 Å². The van der Waals surface area contributed by atoms with Gasteiger partial charge in [-0.1, -0.05) is 25.5 Å². The second kappa shape index (κ2) is 8.33. The van der Waals surface area contributed by atoms with Gasteiger partial charge in [0.15, 0.2) is 11.5 Å². The van der Waals surface area contributed by atoms with Crippen LogP contribution in [0, 0.1) is 0 Å². The van der Waals surface area contributed by atoms with Crippen molar-refractivity contribution in [2.45, 2.75) is 32.1 Å². The van der Waals surface area contributed by atoms with Gasteiger partial charge in [0.1, 0.15) is 0 Å². The largest absolute Gasteiger partial charge is 0.586 e. The number of halogens is 4. The predicted octanol–water partition coefficient (Wildman–Crippen LogP) is 3.60. The zero-order valence-electron chi connectivity index (χ0n) is 12.9. The summed E-state index contributed by atoms with van der Waals surface area (Å²) < 4.78 is 36.0. The number of nitrogens with one attached hydrogen (secondary N) is 1. The van der Waals surface area contributed by atoms with Crippen molar-refractivity contribution in [1.82, 2.24) is 10.2 Å². The zero-order valence-corrected chi connectivity index (χ0v) is 14.5. The van der Waals surface area contributed by atoms with Gasteiger partial charge in [-0.15, -0.1) is 33.6 Å². The van der Waals surface area contributed by atoms with E-state index in [9.17, 15) is 8.78 Å². The number of rotatable bonds is 4. The molecule has 2 aliphatic heterocycles.